The van der Waals surface area contributed by atoms with Crippen molar-refractivity contribution in [3.8, 4) is 0 Å². The van der Waals surface area contributed by atoms with Crippen molar-refractivity contribution >= 4 is 17.3 Å². The van der Waals surface area contributed by atoms with Gasteiger partial charge in [-0.2, -0.15) is 0 Å². The zero-order valence-corrected chi connectivity index (χ0v) is 17.1. The molecule has 0 aliphatic carbocycles. The van der Waals surface area contributed by atoms with Crippen LogP contribution in [-0.2, 0) is 11.3 Å². The molecule has 1 fully saturated rings. The summed E-state index contributed by atoms with van der Waals surface area (Å²) in [6.45, 7) is 11.4. The van der Waals surface area contributed by atoms with Crippen molar-refractivity contribution in [1.82, 2.24) is 5.32 Å². The number of carbonyl (C=O) groups excluding carboxylic acids is 1. The highest BCUT2D eigenvalue weighted by Crippen LogP contribution is 2.19. The molecule has 0 spiro atoms. The summed E-state index contributed by atoms with van der Waals surface area (Å²) in [5.74, 6) is -0.0450. The first-order valence-corrected chi connectivity index (χ1v) is 10.1. The van der Waals surface area contributed by atoms with Gasteiger partial charge in [0.25, 0.3) is 5.91 Å². The quantitative estimate of drug-likeness (QED) is 0.795. The number of ether oxygens (including phenoxy) is 1. The molecular formula is C23H31N3O2. The van der Waals surface area contributed by atoms with E-state index < -0.39 is 0 Å². The van der Waals surface area contributed by atoms with Crippen LogP contribution in [0.5, 0.6) is 0 Å². The van der Waals surface area contributed by atoms with E-state index in [0.29, 0.717) is 18.2 Å². The van der Waals surface area contributed by atoms with Crippen LogP contribution in [0.4, 0.5) is 11.4 Å². The van der Waals surface area contributed by atoms with E-state index in [2.05, 4.69) is 60.2 Å². The number of morpholine rings is 1. The van der Waals surface area contributed by atoms with Gasteiger partial charge in [-0.05, 0) is 62.7 Å². The van der Waals surface area contributed by atoms with E-state index in [9.17, 15) is 4.79 Å². The van der Waals surface area contributed by atoms with Crippen LogP contribution in [0.15, 0.2) is 48.5 Å². The van der Waals surface area contributed by atoms with Crippen LogP contribution in [0.1, 0.15) is 36.7 Å². The third kappa shape index (κ3) is 5.04. The fourth-order valence-corrected chi connectivity index (χ4v) is 3.58. The Bertz CT molecular complexity index is 750. The van der Waals surface area contributed by atoms with Gasteiger partial charge >= 0.3 is 0 Å². The Kier molecular flexibility index (Phi) is 6.93. The molecule has 0 aromatic heterocycles. The molecule has 2 aromatic rings. The van der Waals surface area contributed by atoms with Gasteiger partial charge < -0.3 is 19.9 Å². The summed E-state index contributed by atoms with van der Waals surface area (Å²) >= 11 is 0. The first-order valence-electron chi connectivity index (χ1n) is 10.1. The van der Waals surface area contributed by atoms with Crippen molar-refractivity contribution in [2.75, 3.05) is 42.6 Å². The van der Waals surface area contributed by atoms with Crippen LogP contribution in [0, 0.1) is 0 Å². The van der Waals surface area contributed by atoms with E-state index in [4.69, 9.17) is 4.74 Å². The fourth-order valence-electron chi connectivity index (χ4n) is 3.58. The largest absolute Gasteiger partial charge is 0.378 e. The van der Waals surface area contributed by atoms with Gasteiger partial charge in [0.05, 0.1) is 13.2 Å². The Morgan fingerprint density at radius 3 is 2.29 bits per heavy atom. The van der Waals surface area contributed by atoms with Gasteiger partial charge in [0.2, 0.25) is 0 Å². The SMILES string of the molecule is CCN(c1ccc(C(=O)NCc2ccc(N3CCOCC3)cc2)cc1)C(C)C. The summed E-state index contributed by atoms with van der Waals surface area (Å²) in [5.41, 5.74) is 4.14. The lowest BCUT2D eigenvalue weighted by Crippen LogP contribution is -2.36. The van der Waals surface area contributed by atoms with Crippen LogP contribution >= 0.6 is 0 Å². The average molecular weight is 382 g/mol. The number of anilines is 2. The zero-order valence-electron chi connectivity index (χ0n) is 17.1. The smallest absolute Gasteiger partial charge is 0.251 e. The van der Waals surface area contributed by atoms with E-state index in [1.165, 1.54) is 5.69 Å². The second kappa shape index (κ2) is 9.60. The second-order valence-electron chi connectivity index (χ2n) is 7.38. The van der Waals surface area contributed by atoms with Crippen LogP contribution in [-0.4, -0.2) is 44.8 Å². The number of hydrogen-bond donors (Lipinski definition) is 1. The Morgan fingerprint density at radius 2 is 1.71 bits per heavy atom. The number of benzene rings is 2. The standard InChI is InChI=1S/C23H31N3O2/c1-4-26(18(2)3)22-11-7-20(8-12-22)23(27)24-17-19-5-9-21(10-6-19)25-13-15-28-16-14-25/h5-12,18H,4,13-17H2,1-3H3,(H,24,27). The lowest BCUT2D eigenvalue weighted by molar-refractivity contribution is 0.0951. The highest BCUT2D eigenvalue weighted by molar-refractivity contribution is 5.94. The van der Waals surface area contributed by atoms with Crippen molar-refractivity contribution in [2.24, 2.45) is 0 Å². The maximum Gasteiger partial charge on any atom is 0.251 e. The lowest BCUT2D eigenvalue weighted by Gasteiger charge is -2.28. The molecule has 0 atom stereocenters. The molecule has 0 bridgehead atoms. The Hall–Kier alpha value is -2.53. The summed E-state index contributed by atoms with van der Waals surface area (Å²) in [4.78, 5) is 17.1. The summed E-state index contributed by atoms with van der Waals surface area (Å²) in [5, 5.41) is 3.01. The molecule has 0 radical (unpaired) electrons. The van der Waals surface area contributed by atoms with Crippen molar-refractivity contribution in [2.45, 2.75) is 33.4 Å². The Morgan fingerprint density at radius 1 is 1.07 bits per heavy atom. The molecule has 1 aliphatic heterocycles. The topological polar surface area (TPSA) is 44.8 Å². The lowest BCUT2D eigenvalue weighted by atomic mass is 10.1. The molecule has 1 N–H and O–H groups in total. The maximum absolute atomic E-state index is 12.5. The molecule has 1 saturated heterocycles. The van der Waals surface area contributed by atoms with Gasteiger partial charge in [-0.25, -0.2) is 0 Å². The van der Waals surface area contributed by atoms with Crippen molar-refractivity contribution < 1.29 is 9.53 Å². The van der Waals surface area contributed by atoms with Crippen LogP contribution in [0.3, 0.4) is 0 Å². The maximum atomic E-state index is 12.5. The van der Waals surface area contributed by atoms with Gasteiger partial charge in [0, 0.05) is 49.2 Å². The molecule has 28 heavy (non-hydrogen) atoms. The minimum Gasteiger partial charge on any atom is -0.378 e. The van der Waals surface area contributed by atoms with Crippen molar-refractivity contribution in [3.63, 3.8) is 0 Å². The highest BCUT2D eigenvalue weighted by atomic mass is 16.5. The molecular weight excluding hydrogens is 350 g/mol. The summed E-state index contributed by atoms with van der Waals surface area (Å²) in [6, 6.07) is 16.7. The average Bonchev–Trinajstić information content (AvgIpc) is 2.74. The molecule has 150 valence electrons. The van der Waals surface area contributed by atoms with Gasteiger partial charge in [0.15, 0.2) is 0 Å². The highest BCUT2D eigenvalue weighted by Gasteiger charge is 2.12. The summed E-state index contributed by atoms with van der Waals surface area (Å²) < 4.78 is 5.40. The molecule has 0 unspecified atom stereocenters. The van der Waals surface area contributed by atoms with E-state index in [1.54, 1.807) is 0 Å². The van der Waals surface area contributed by atoms with Gasteiger partial charge in [-0.3, -0.25) is 4.79 Å². The van der Waals surface area contributed by atoms with Gasteiger partial charge in [-0.1, -0.05) is 12.1 Å². The van der Waals surface area contributed by atoms with E-state index in [-0.39, 0.29) is 5.91 Å². The van der Waals surface area contributed by atoms with Crippen LogP contribution < -0.4 is 15.1 Å². The minimum absolute atomic E-state index is 0.0450. The third-order valence-corrected chi connectivity index (χ3v) is 5.19. The van der Waals surface area contributed by atoms with Crippen molar-refractivity contribution in [1.29, 1.82) is 0 Å². The zero-order chi connectivity index (χ0) is 19.9. The van der Waals surface area contributed by atoms with Gasteiger partial charge in [0.1, 0.15) is 0 Å². The first kappa shape index (κ1) is 20.2. The number of nitrogens with zero attached hydrogens (tertiary/aromatic N) is 2. The molecule has 0 saturated carbocycles. The predicted molar refractivity (Wildman–Crippen MR) is 115 cm³/mol. The third-order valence-electron chi connectivity index (χ3n) is 5.19. The molecule has 1 aliphatic rings. The van der Waals surface area contributed by atoms with Gasteiger partial charge in [-0.15, -0.1) is 0 Å². The molecule has 1 amide bonds. The first-order chi connectivity index (χ1) is 13.6. The van der Waals surface area contributed by atoms with E-state index in [0.717, 1.165) is 44.1 Å². The van der Waals surface area contributed by atoms with E-state index in [1.807, 2.05) is 24.3 Å². The van der Waals surface area contributed by atoms with Crippen molar-refractivity contribution in [3.05, 3.63) is 59.7 Å². The molecule has 2 aromatic carbocycles. The predicted octanol–water partition coefficient (Wildman–Crippen LogP) is 3.69. The minimum atomic E-state index is -0.0450. The number of nitrogens with one attached hydrogen (secondary N) is 1. The number of hydrogen-bond acceptors (Lipinski definition) is 4. The summed E-state index contributed by atoms with van der Waals surface area (Å²) in [6.07, 6.45) is 0. The monoisotopic (exact) mass is 381 g/mol. The molecule has 5 nitrogen and oxygen atoms in total. The fraction of sp³-hybridized carbons (Fsp3) is 0.435. The number of rotatable bonds is 7. The Labute approximate surface area is 168 Å². The van der Waals surface area contributed by atoms with E-state index >= 15 is 0 Å². The summed E-state index contributed by atoms with van der Waals surface area (Å²) in [7, 11) is 0. The Balaban J connectivity index is 1.55. The number of carbonyl (C=O) groups is 1. The van der Waals surface area contributed by atoms with Crippen LogP contribution in [0.2, 0.25) is 0 Å². The second-order valence-corrected chi connectivity index (χ2v) is 7.38. The normalized spacial score (nSPS) is 14.2. The molecule has 5 heteroatoms. The van der Waals surface area contributed by atoms with Crippen LogP contribution in [0.25, 0.3) is 0 Å². The molecule has 1 heterocycles. The number of amides is 1. The molecule has 3 rings (SSSR count).